The molecule has 1 heterocycles. The third-order valence-corrected chi connectivity index (χ3v) is 4.98. The lowest BCUT2D eigenvalue weighted by atomic mass is 9.86. The Morgan fingerprint density at radius 3 is 2.65 bits per heavy atom. The first-order valence-electron chi connectivity index (χ1n) is 5.94. The fraction of sp³-hybridized carbons (Fsp3) is 0.500. The molecule has 1 atom stereocenters. The highest BCUT2D eigenvalue weighted by molar-refractivity contribution is 9.09. The van der Waals surface area contributed by atoms with Crippen molar-refractivity contribution in [1.29, 1.82) is 0 Å². The van der Waals surface area contributed by atoms with E-state index in [2.05, 4.69) is 54.2 Å². The number of alkyl halides is 1. The number of benzene rings is 1. The van der Waals surface area contributed by atoms with Crippen LogP contribution in [-0.2, 0) is 11.2 Å². The van der Waals surface area contributed by atoms with Crippen LogP contribution < -0.4 is 5.32 Å². The molecule has 0 spiro atoms. The quantitative estimate of drug-likeness (QED) is 0.778. The van der Waals surface area contributed by atoms with E-state index in [1.165, 1.54) is 11.1 Å². The molecule has 92 valence electrons. The second-order valence-corrected chi connectivity index (χ2v) is 6.61. The topological polar surface area (TPSA) is 29.1 Å². The second kappa shape index (κ2) is 4.45. The third-order valence-electron chi connectivity index (χ3n) is 3.08. The van der Waals surface area contributed by atoms with Gasteiger partial charge in [-0.25, -0.2) is 0 Å². The summed E-state index contributed by atoms with van der Waals surface area (Å²) >= 11 is 3.76. The van der Waals surface area contributed by atoms with Gasteiger partial charge in [0, 0.05) is 16.9 Å². The maximum atomic E-state index is 11.3. The summed E-state index contributed by atoms with van der Waals surface area (Å²) in [7, 11) is 0. The number of halogens is 1. The van der Waals surface area contributed by atoms with Crippen molar-refractivity contribution in [2.75, 3.05) is 5.32 Å². The molecule has 1 unspecified atom stereocenters. The number of carbonyl (C=O) groups excluding carboxylic acids is 1. The van der Waals surface area contributed by atoms with Gasteiger partial charge < -0.3 is 5.32 Å². The molecule has 1 aliphatic rings. The molecular weight excluding hydrogens is 278 g/mol. The molecule has 0 saturated carbocycles. The summed E-state index contributed by atoms with van der Waals surface area (Å²) in [5.41, 5.74) is 3.69. The zero-order valence-corrected chi connectivity index (χ0v) is 12.1. The Kier molecular flexibility index (Phi) is 3.30. The molecular formula is C14H18BrNO. The van der Waals surface area contributed by atoms with Gasteiger partial charge in [0.1, 0.15) is 0 Å². The van der Waals surface area contributed by atoms with Crippen LogP contribution in [0.4, 0.5) is 5.69 Å². The van der Waals surface area contributed by atoms with Crippen molar-refractivity contribution in [2.45, 2.75) is 38.4 Å². The highest BCUT2D eigenvalue weighted by Gasteiger charge is 2.25. The number of amides is 1. The molecule has 1 N–H and O–H groups in total. The maximum absolute atomic E-state index is 11.3. The van der Waals surface area contributed by atoms with Crippen LogP contribution in [0.3, 0.4) is 0 Å². The van der Waals surface area contributed by atoms with Gasteiger partial charge in [-0.2, -0.15) is 0 Å². The molecule has 0 aromatic heterocycles. The average Bonchev–Trinajstić information content (AvgIpc) is 2.26. The lowest BCUT2D eigenvalue weighted by Gasteiger charge is -2.27. The molecule has 3 heteroatoms. The highest BCUT2D eigenvalue weighted by atomic mass is 79.9. The van der Waals surface area contributed by atoms with Gasteiger partial charge in [0.2, 0.25) is 5.91 Å². The van der Waals surface area contributed by atoms with Gasteiger partial charge >= 0.3 is 0 Å². The van der Waals surface area contributed by atoms with Crippen molar-refractivity contribution in [3.05, 3.63) is 29.3 Å². The van der Waals surface area contributed by atoms with Crippen LogP contribution in [0.1, 0.15) is 43.1 Å². The van der Waals surface area contributed by atoms with E-state index in [4.69, 9.17) is 0 Å². The van der Waals surface area contributed by atoms with Crippen LogP contribution >= 0.6 is 15.9 Å². The molecule has 0 bridgehead atoms. The summed E-state index contributed by atoms with van der Waals surface area (Å²) in [4.78, 5) is 11.6. The van der Waals surface area contributed by atoms with Crippen LogP contribution in [0.25, 0.3) is 0 Å². The summed E-state index contributed by atoms with van der Waals surface area (Å²) in [5.74, 6) is 0.122. The minimum atomic E-state index is 0.122. The van der Waals surface area contributed by atoms with Crippen LogP contribution in [0.15, 0.2) is 18.2 Å². The molecule has 1 amide bonds. The zero-order chi connectivity index (χ0) is 12.6. The second-order valence-electron chi connectivity index (χ2n) is 5.69. The largest absolute Gasteiger partial charge is 0.326 e. The molecule has 0 aliphatic carbocycles. The van der Waals surface area contributed by atoms with Crippen LogP contribution in [0.2, 0.25) is 0 Å². The van der Waals surface area contributed by atoms with E-state index in [1.54, 1.807) is 0 Å². The van der Waals surface area contributed by atoms with Gasteiger partial charge in [-0.1, -0.05) is 48.8 Å². The van der Waals surface area contributed by atoms with E-state index in [-0.39, 0.29) is 11.3 Å². The Balaban J connectivity index is 2.31. The summed E-state index contributed by atoms with van der Waals surface area (Å²) in [5, 5.41) is 2.91. The van der Waals surface area contributed by atoms with E-state index in [0.29, 0.717) is 11.2 Å². The zero-order valence-electron chi connectivity index (χ0n) is 10.5. The number of nitrogens with one attached hydrogen (secondary N) is 1. The van der Waals surface area contributed by atoms with Crippen LogP contribution in [-0.4, -0.2) is 5.91 Å². The molecule has 0 fully saturated rings. The van der Waals surface area contributed by atoms with Gasteiger partial charge in [-0.3, -0.25) is 4.79 Å². The fourth-order valence-corrected chi connectivity index (χ4v) is 2.35. The number of anilines is 1. The highest BCUT2D eigenvalue weighted by Crippen LogP contribution is 2.41. The van der Waals surface area contributed by atoms with Crippen molar-refractivity contribution >= 4 is 27.5 Å². The first-order valence-corrected chi connectivity index (χ1v) is 6.86. The Morgan fingerprint density at radius 2 is 2.00 bits per heavy atom. The third kappa shape index (κ3) is 2.71. The minimum absolute atomic E-state index is 0.122. The average molecular weight is 296 g/mol. The Bertz CT molecular complexity index is 448. The predicted molar refractivity (Wildman–Crippen MR) is 74.5 cm³/mol. The van der Waals surface area contributed by atoms with Crippen molar-refractivity contribution in [3.8, 4) is 0 Å². The van der Waals surface area contributed by atoms with Gasteiger partial charge in [0.15, 0.2) is 0 Å². The van der Waals surface area contributed by atoms with Gasteiger partial charge in [0.25, 0.3) is 0 Å². The van der Waals surface area contributed by atoms with Gasteiger partial charge in [0.05, 0.1) is 0 Å². The summed E-state index contributed by atoms with van der Waals surface area (Å²) in [6.07, 6.45) is 1.44. The van der Waals surface area contributed by atoms with E-state index in [1.807, 2.05) is 6.07 Å². The first kappa shape index (κ1) is 12.6. The van der Waals surface area contributed by atoms with E-state index in [0.717, 1.165) is 12.1 Å². The SMILES string of the molecule is CC(C)(C)C(Br)c1ccc2c(c1)CCC(=O)N2. The Morgan fingerprint density at radius 1 is 1.29 bits per heavy atom. The predicted octanol–water partition coefficient (Wildman–Crippen LogP) is 4.05. The lowest BCUT2D eigenvalue weighted by Crippen LogP contribution is -2.20. The van der Waals surface area contributed by atoms with E-state index >= 15 is 0 Å². The van der Waals surface area contributed by atoms with Crippen molar-refractivity contribution in [3.63, 3.8) is 0 Å². The molecule has 2 nitrogen and oxygen atoms in total. The number of rotatable bonds is 1. The monoisotopic (exact) mass is 295 g/mol. The standard InChI is InChI=1S/C14H18BrNO/c1-14(2,3)13(15)10-4-6-11-9(8-10)5-7-12(17)16-11/h4,6,8,13H,5,7H2,1-3H3,(H,16,17). The molecule has 0 radical (unpaired) electrons. The van der Waals surface area contributed by atoms with Gasteiger partial charge in [-0.05, 0) is 29.0 Å². The Labute approximate surface area is 111 Å². The van der Waals surface area contributed by atoms with E-state index in [9.17, 15) is 4.79 Å². The summed E-state index contributed by atoms with van der Waals surface area (Å²) in [6.45, 7) is 6.65. The van der Waals surface area contributed by atoms with Crippen LogP contribution in [0, 0.1) is 5.41 Å². The molecule has 0 saturated heterocycles. The number of hydrogen-bond donors (Lipinski definition) is 1. The van der Waals surface area contributed by atoms with Crippen molar-refractivity contribution in [1.82, 2.24) is 0 Å². The number of aryl methyl sites for hydroxylation is 1. The molecule has 1 aromatic rings. The molecule has 2 rings (SSSR count). The normalized spacial score (nSPS) is 17.3. The molecule has 1 aromatic carbocycles. The summed E-state index contributed by atoms with van der Waals surface area (Å²) in [6, 6.07) is 6.32. The number of hydrogen-bond acceptors (Lipinski definition) is 1. The van der Waals surface area contributed by atoms with Crippen molar-refractivity contribution < 1.29 is 4.79 Å². The number of fused-ring (bicyclic) bond motifs is 1. The smallest absolute Gasteiger partial charge is 0.224 e. The molecule has 17 heavy (non-hydrogen) atoms. The Hall–Kier alpha value is -0.830. The minimum Gasteiger partial charge on any atom is -0.326 e. The van der Waals surface area contributed by atoms with E-state index < -0.39 is 0 Å². The van der Waals surface area contributed by atoms with Crippen molar-refractivity contribution in [2.24, 2.45) is 5.41 Å². The summed E-state index contributed by atoms with van der Waals surface area (Å²) < 4.78 is 0. The van der Waals surface area contributed by atoms with Crippen LogP contribution in [0.5, 0.6) is 0 Å². The lowest BCUT2D eigenvalue weighted by molar-refractivity contribution is -0.116. The fourth-order valence-electron chi connectivity index (χ4n) is 2.06. The number of carbonyl (C=O) groups is 1. The first-order chi connectivity index (χ1) is 7.88. The van der Waals surface area contributed by atoms with Gasteiger partial charge in [-0.15, -0.1) is 0 Å². The molecule has 1 aliphatic heterocycles. The maximum Gasteiger partial charge on any atom is 0.224 e.